The molecular weight excluding hydrogens is 452 g/mol. The van der Waals surface area contributed by atoms with Gasteiger partial charge in [0.05, 0.1) is 24.7 Å². The molecule has 2 aromatic carbocycles. The molecule has 0 fully saturated rings. The number of hydrogen-bond acceptors (Lipinski definition) is 5. The average molecular weight is 487 g/mol. The van der Waals surface area contributed by atoms with Crippen LogP contribution in [0.2, 0.25) is 0 Å². The van der Waals surface area contributed by atoms with Crippen molar-refractivity contribution in [2.24, 2.45) is 4.99 Å². The lowest BCUT2D eigenvalue weighted by atomic mass is 9.94. The van der Waals surface area contributed by atoms with E-state index in [1.165, 1.54) is 6.08 Å². The van der Waals surface area contributed by atoms with E-state index in [1.54, 1.807) is 0 Å². The van der Waals surface area contributed by atoms with E-state index in [1.807, 2.05) is 73.6 Å². The van der Waals surface area contributed by atoms with E-state index in [9.17, 15) is 9.59 Å². The Kier molecular flexibility index (Phi) is 7.26. The van der Waals surface area contributed by atoms with Crippen molar-refractivity contribution in [3.8, 4) is 0 Å². The van der Waals surface area contributed by atoms with E-state index in [2.05, 4.69) is 41.3 Å². The fraction of sp³-hybridized carbons (Fsp3) is 0.321. The summed E-state index contributed by atoms with van der Waals surface area (Å²) in [5.74, 6) is 0.492. The van der Waals surface area contributed by atoms with E-state index < -0.39 is 5.54 Å². The second-order valence-corrected chi connectivity index (χ2v) is 9.84. The number of aliphatic imine (C=N–C) groups is 1. The lowest BCUT2D eigenvalue weighted by Crippen LogP contribution is -2.52. The van der Waals surface area contributed by atoms with Gasteiger partial charge in [0.25, 0.3) is 0 Å². The molecule has 0 unspecified atom stereocenters. The van der Waals surface area contributed by atoms with Gasteiger partial charge in [-0.25, -0.2) is 4.79 Å². The summed E-state index contributed by atoms with van der Waals surface area (Å²) in [5, 5.41) is 9.41. The SMILES string of the molecule is C=CC(=O)Nc1cccc(NC2=NCC3=C2CN(C(=O)N[C@H](CN(C)C)c2ccccc2)C3(C)C)c1. The number of likely N-dealkylation sites (N-methyl/N-ethyl adjacent to an activating group) is 1. The van der Waals surface area contributed by atoms with Crippen LogP contribution in [0, 0.1) is 0 Å². The molecule has 0 saturated heterocycles. The number of urea groups is 1. The first-order chi connectivity index (χ1) is 17.2. The number of amides is 3. The van der Waals surface area contributed by atoms with Gasteiger partial charge < -0.3 is 25.8 Å². The quantitative estimate of drug-likeness (QED) is 0.516. The molecule has 0 radical (unpaired) electrons. The molecule has 8 heteroatoms. The number of amidine groups is 1. The van der Waals surface area contributed by atoms with E-state index in [0.717, 1.165) is 28.2 Å². The number of rotatable bonds is 7. The molecule has 3 N–H and O–H groups in total. The molecule has 36 heavy (non-hydrogen) atoms. The first-order valence-corrected chi connectivity index (χ1v) is 12.0. The minimum absolute atomic E-state index is 0.0985. The van der Waals surface area contributed by atoms with E-state index in [-0.39, 0.29) is 18.0 Å². The van der Waals surface area contributed by atoms with Crippen molar-refractivity contribution in [1.82, 2.24) is 15.1 Å². The number of nitrogens with one attached hydrogen (secondary N) is 3. The van der Waals surface area contributed by atoms with E-state index >= 15 is 0 Å². The highest BCUT2D eigenvalue weighted by Crippen LogP contribution is 2.38. The standard InChI is InChI=1S/C28H34N6O2/c1-6-25(35)30-20-13-10-14-21(15-20)31-26-22-17-34(28(2,3)23(22)16-29-26)27(36)32-24(18-33(4)5)19-11-8-7-9-12-19/h6-15,24H,1,16-18H2,2-5H3,(H,29,31)(H,30,35)(H,32,36)/t24-/m1/s1. The van der Waals surface area contributed by atoms with Crippen LogP contribution >= 0.6 is 0 Å². The molecule has 4 rings (SSSR count). The number of anilines is 2. The number of nitrogens with zero attached hydrogens (tertiary/aromatic N) is 3. The normalized spacial score (nSPS) is 16.9. The zero-order valence-corrected chi connectivity index (χ0v) is 21.3. The molecule has 0 bridgehead atoms. The topological polar surface area (TPSA) is 89.1 Å². The third-order valence-electron chi connectivity index (χ3n) is 6.65. The summed E-state index contributed by atoms with van der Waals surface area (Å²) in [6.45, 7) is 9.34. The predicted octanol–water partition coefficient (Wildman–Crippen LogP) is 4.04. The van der Waals surface area contributed by atoms with Crippen molar-refractivity contribution >= 4 is 29.1 Å². The van der Waals surface area contributed by atoms with Gasteiger partial charge in [0.1, 0.15) is 5.84 Å². The second kappa shape index (κ2) is 10.4. The van der Waals surface area contributed by atoms with Crippen LogP contribution in [-0.2, 0) is 4.79 Å². The van der Waals surface area contributed by atoms with Gasteiger partial charge in [0.2, 0.25) is 5.91 Å². The molecule has 2 aliphatic rings. The fourth-order valence-electron chi connectivity index (χ4n) is 4.70. The Morgan fingerprint density at radius 1 is 1.14 bits per heavy atom. The Bertz CT molecular complexity index is 1220. The summed E-state index contributed by atoms with van der Waals surface area (Å²) in [4.78, 5) is 33.9. The van der Waals surface area contributed by atoms with Gasteiger partial charge in [-0.1, -0.05) is 43.0 Å². The summed E-state index contributed by atoms with van der Waals surface area (Å²) in [6.07, 6.45) is 1.24. The molecule has 3 amide bonds. The summed E-state index contributed by atoms with van der Waals surface area (Å²) in [6, 6.07) is 17.3. The molecule has 0 saturated carbocycles. The second-order valence-electron chi connectivity index (χ2n) is 9.84. The lowest BCUT2D eigenvalue weighted by molar-refractivity contribution is -0.111. The van der Waals surface area contributed by atoms with Crippen molar-refractivity contribution in [2.45, 2.75) is 25.4 Å². The van der Waals surface area contributed by atoms with Crippen LogP contribution in [0.5, 0.6) is 0 Å². The first-order valence-electron chi connectivity index (χ1n) is 12.0. The van der Waals surface area contributed by atoms with Crippen molar-refractivity contribution in [2.75, 3.05) is 44.4 Å². The maximum Gasteiger partial charge on any atom is 0.318 e. The van der Waals surface area contributed by atoms with Crippen molar-refractivity contribution in [3.05, 3.63) is 84.0 Å². The highest BCUT2D eigenvalue weighted by molar-refractivity contribution is 6.12. The molecule has 0 aromatic heterocycles. The van der Waals surface area contributed by atoms with Gasteiger partial charge in [0, 0.05) is 23.5 Å². The third kappa shape index (κ3) is 5.33. The molecular formula is C28H34N6O2. The minimum Gasteiger partial charge on any atom is -0.340 e. The number of benzene rings is 2. The summed E-state index contributed by atoms with van der Waals surface area (Å²) < 4.78 is 0. The number of carbonyl (C=O) groups excluding carboxylic acids is 2. The van der Waals surface area contributed by atoms with E-state index in [4.69, 9.17) is 4.99 Å². The van der Waals surface area contributed by atoms with Gasteiger partial charge in [-0.2, -0.15) is 0 Å². The smallest absolute Gasteiger partial charge is 0.318 e. The van der Waals surface area contributed by atoms with Gasteiger partial charge in [-0.3, -0.25) is 9.79 Å². The Balaban J connectivity index is 1.48. The van der Waals surface area contributed by atoms with Crippen LogP contribution in [0.3, 0.4) is 0 Å². The molecule has 2 heterocycles. The van der Waals surface area contributed by atoms with Crippen molar-refractivity contribution in [3.63, 3.8) is 0 Å². The molecule has 0 aliphatic carbocycles. The van der Waals surface area contributed by atoms with Crippen LogP contribution in [0.4, 0.5) is 16.2 Å². The van der Waals surface area contributed by atoms with Gasteiger partial charge >= 0.3 is 6.03 Å². The Morgan fingerprint density at radius 2 is 1.86 bits per heavy atom. The minimum atomic E-state index is -0.467. The number of carbonyl (C=O) groups is 2. The van der Waals surface area contributed by atoms with Crippen molar-refractivity contribution in [1.29, 1.82) is 0 Å². The van der Waals surface area contributed by atoms with E-state index in [0.29, 0.717) is 25.3 Å². The summed E-state index contributed by atoms with van der Waals surface area (Å²) >= 11 is 0. The molecule has 8 nitrogen and oxygen atoms in total. The Hall–Kier alpha value is -3.91. The van der Waals surface area contributed by atoms with Gasteiger partial charge in [-0.15, -0.1) is 0 Å². The fourth-order valence-corrected chi connectivity index (χ4v) is 4.70. The van der Waals surface area contributed by atoms with Crippen molar-refractivity contribution < 1.29 is 9.59 Å². The van der Waals surface area contributed by atoms with Crippen LogP contribution in [0.1, 0.15) is 25.5 Å². The molecule has 2 aromatic rings. The molecule has 1 atom stereocenters. The first kappa shape index (κ1) is 25.2. The van der Waals surface area contributed by atoms with Crippen LogP contribution in [0.15, 0.2) is 83.4 Å². The Labute approximate surface area is 212 Å². The van der Waals surface area contributed by atoms with Crippen LogP contribution in [0.25, 0.3) is 0 Å². The maximum atomic E-state index is 13.6. The Morgan fingerprint density at radius 3 is 2.56 bits per heavy atom. The monoisotopic (exact) mass is 486 g/mol. The van der Waals surface area contributed by atoms with Gasteiger partial charge in [-0.05, 0) is 63.4 Å². The zero-order valence-electron chi connectivity index (χ0n) is 21.3. The maximum absolute atomic E-state index is 13.6. The highest BCUT2D eigenvalue weighted by atomic mass is 16.2. The molecule has 188 valence electrons. The number of hydrogen-bond donors (Lipinski definition) is 3. The van der Waals surface area contributed by atoms with Crippen LogP contribution < -0.4 is 16.0 Å². The molecule has 0 spiro atoms. The average Bonchev–Trinajstić information content (AvgIpc) is 3.36. The zero-order chi connectivity index (χ0) is 25.9. The highest BCUT2D eigenvalue weighted by Gasteiger charge is 2.45. The van der Waals surface area contributed by atoms with Crippen LogP contribution in [-0.4, -0.2) is 66.8 Å². The third-order valence-corrected chi connectivity index (χ3v) is 6.65. The van der Waals surface area contributed by atoms with Gasteiger partial charge in [0.15, 0.2) is 0 Å². The summed E-state index contributed by atoms with van der Waals surface area (Å²) in [5.41, 5.74) is 4.26. The lowest BCUT2D eigenvalue weighted by Gasteiger charge is -2.36. The predicted molar refractivity (Wildman–Crippen MR) is 145 cm³/mol. The largest absolute Gasteiger partial charge is 0.340 e. The molecule has 2 aliphatic heterocycles. The summed E-state index contributed by atoms with van der Waals surface area (Å²) in [7, 11) is 4.01.